The Labute approximate surface area is 161 Å². The van der Waals surface area contributed by atoms with E-state index in [4.69, 9.17) is 9.15 Å². The molecule has 1 saturated heterocycles. The number of sulfone groups is 1. The van der Waals surface area contributed by atoms with Crippen molar-refractivity contribution in [2.24, 2.45) is 0 Å². The lowest BCUT2D eigenvalue weighted by Gasteiger charge is -2.26. The summed E-state index contributed by atoms with van der Waals surface area (Å²) in [5.41, 5.74) is 0. The van der Waals surface area contributed by atoms with Crippen LogP contribution in [0.25, 0.3) is 12.2 Å². The number of rotatable bonds is 5. The Kier molecular flexibility index (Phi) is 5.11. The van der Waals surface area contributed by atoms with Gasteiger partial charge in [-0.2, -0.15) is 4.98 Å². The van der Waals surface area contributed by atoms with Crippen LogP contribution in [0.5, 0.6) is 0 Å². The van der Waals surface area contributed by atoms with Crippen molar-refractivity contribution < 1.29 is 17.6 Å². The Morgan fingerprint density at radius 1 is 1.04 bits per heavy atom. The van der Waals surface area contributed by atoms with E-state index in [2.05, 4.69) is 4.98 Å². The van der Waals surface area contributed by atoms with Gasteiger partial charge in [-0.3, -0.25) is 0 Å². The van der Waals surface area contributed by atoms with E-state index >= 15 is 0 Å². The quantitative estimate of drug-likeness (QED) is 0.650. The highest BCUT2D eigenvalue weighted by atomic mass is 32.2. The van der Waals surface area contributed by atoms with Gasteiger partial charge in [0, 0.05) is 24.0 Å². The van der Waals surface area contributed by atoms with Gasteiger partial charge in [-0.15, -0.1) is 11.3 Å². The Bertz CT molecular complexity index is 1020. The van der Waals surface area contributed by atoms with E-state index in [1.165, 1.54) is 0 Å². The number of oxazole rings is 1. The molecule has 1 aromatic carbocycles. The molecular weight excluding hydrogens is 384 g/mol. The lowest BCUT2D eigenvalue weighted by molar-refractivity contribution is 0.120. The van der Waals surface area contributed by atoms with Crippen molar-refractivity contribution in [3.8, 4) is 0 Å². The summed E-state index contributed by atoms with van der Waals surface area (Å²) in [6, 6.07) is 12.2. The first-order valence-electron chi connectivity index (χ1n) is 8.50. The maximum Gasteiger partial charge on any atom is 0.236 e. The highest BCUT2D eigenvalue weighted by molar-refractivity contribution is 7.91. The van der Waals surface area contributed by atoms with E-state index in [1.807, 2.05) is 28.5 Å². The van der Waals surface area contributed by atoms with Gasteiger partial charge in [0.1, 0.15) is 0 Å². The molecule has 0 bridgehead atoms. The Morgan fingerprint density at radius 2 is 1.81 bits per heavy atom. The molecule has 0 saturated carbocycles. The monoisotopic (exact) mass is 402 g/mol. The second-order valence-electron chi connectivity index (χ2n) is 5.93. The van der Waals surface area contributed by atoms with Crippen LogP contribution in [0.2, 0.25) is 0 Å². The van der Waals surface area contributed by atoms with Crippen LogP contribution in [-0.4, -0.2) is 39.7 Å². The van der Waals surface area contributed by atoms with Gasteiger partial charge in [-0.25, -0.2) is 8.42 Å². The van der Waals surface area contributed by atoms with E-state index in [9.17, 15) is 8.42 Å². The lowest BCUT2D eigenvalue weighted by atomic mass is 10.4. The maximum atomic E-state index is 13.1. The third-order valence-corrected chi connectivity index (χ3v) is 6.64. The van der Waals surface area contributed by atoms with E-state index in [0.717, 1.165) is 4.88 Å². The normalized spacial score (nSPS) is 15.5. The molecule has 8 heteroatoms. The highest BCUT2D eigenvalue weighted by Gasteiger charge is 2.31. The average Bonchev–Trinajstić information content (AvgIpc) is 3.38. The van der Waals surface area contributed by atoms with Gasteiger partial charge in [0.05, 0.1) is 18.1 Å². The van der Waals surface area contributed by atoms with Gasteiger partial charge < -0.3 is 14.1 Å². The summed E-state index contributed by atoms with van der Waals surface area (Å²) in [6.07, 6.45) is 3.55. The van der Waals surface area contributed by atoms with E-state index in [-0.39, 0.29) is 21.7 Å². The second-order valence-corrected chi connectivity index (χ2v) is 8.77. The summed E-state index contributed by atoms with van der Waals surface area (Å²) in [5.74, 6) is 0.535. The number of thiophene rings is 1. The molecule has 27 heavy (non-hydrogen) atoms. The van der Waals surface area contributed by atoms with Crippen LogP contribution in [0.1, 0.15) is 10.8 Å². The summed E-state index contributed by atoms with van der Waals surface area (Å²) in [6.45, 7) is 2.15. The Hall–Kier alpha value is -2.42. The molecule has 1 aliphatic heterocycles. The van der Waals surface area contributed by atoms with Gasteiger partial charge in [0.25, 0.3) is 0 Å². The smallest absolute Gasteiger partial charge is 0.236 e. The number of hydrogen-bond donors (Lipinski definition) is 0. The fourth-order valence-electron chi connectivity index (χ4n) is 2.78. The number of aromatic nitrogens is 1. The summed E-state index contributed by atoms with van der Waals surface area (Å²) >= 11 is 1.58. The molecule has 0 atom stereocenters. The minimum Gasteiger partial charge on any atom is -0.420 e. The number of anilines is 1. The van der Waals surface area contributed by atoms with Crippen molar-refractivity contribution in [3.63, 3.8) is 0 Å². The van der Waals surface area contributed by atoms with Gasteiger partial charge in [0.15, 0.2) is 0 Å². The second kappa shape index (κ2) is 7.67. The molecule has 140 valence electrons. The zero-order valence-corrected chi connectivity index (χ0v) is 16.1. The molecule has 1 fully saturated rings. The van der Waals surface area contributed by atoms with Gasteiger partial charge in [-0.1, -0.05) is 24.3 Å². The predicted octanol–water partition coefficient (Wildman–Crippen LogP) is 3.58. The van der Waals surface area contributed by atoms with Crippen molar-refractivity contribution in [2.45, 2.75) is 9.92 Å². The van der Waals surface area contributed by atoms with Crippen molar-refractivity contribution in [1.82, 2.24) is 4.98 Å². The van der Waals surface area contributed by atoms with Gasteiger partial charge in [-0.05, 0) is 29.7 Å². The van der Waals surface area contributed by atoms with Crippen LogP contribution >= 0.6 is 11.3 Å². The molecule has 0 spiro atoms. The molecule has 0 unspecified atom stereocenters. The zero-order valence-electron chi connectivity index (χ0n) is 14.4. The molecule has 1 aliphatic rings. The molecule has 3 heterocycles. The molecule has 0 N–H and O–H groups in total. The SMILES string of the molecule is O=S(=O)(c1ccccc1)c1nc(C=Cc2cccs2)oc1N1CCOCC1. The fourth-order valence-corrected chi connectivity index (χ4v) is 4.74. The fraction of sp³-hybridized carbons (Fsp3) is 0.211. The molecule has 0 radical (unpaired) electrons. The van der Waals surface area contributed by atoms with E-state index in [0.29, 0.717) is 26.3 Å². The highest BCUT2D eigenvalue weighted by Crippen LogP contribution is 2.32. The summed E-state index contributed by atoms with van der Waals surface area (Å²) in [7, 11) is -3.79. The van der Waals surface area contributed by atoms with Crippen LogP contribution < -0.4 is 4.90 Å². The summed E-state index contributed by atoms with van der Waals surface area (Å²) in [4.78, 5) is 7.42. The molecule has 3 aromatic rings. The van der Waals surface area contributed by atoms with Crippen LogP contribution in [0.15, 0.2) is 62.2 Å². The third-order valence-electron chi connectivity index (χ3n) is 4.14. The number of benzene rings is 1. The average molecular weight is 402 g/mol. The number of hydrogen-bond acceptors (Lipinski definition) is 7. The van der Waals surface area contributed by atoms with Crippen molar-refractivity contribution >= 4 is 39.2 Å². The topological polar surface area (TPSA) is 72.6 Å². The van der Waals surface area contributed by atoms with Crippen LogP contribution in [0.4, 0.5) is 5.88 Å². The standard InChI is InChI=1S/C19H18N2O4S2/c22-27(23,16-6-2-1-3-7-16)18-19(21-10-12-24-13-11-21)25-17(20-18)9-8-15-5-4-14-26-15/h1-9,14H,10-13H2. The summed E-state index contributed by atoms with van der Waals surface area (Å²) < 4.78 is 37.5. The Morgan fingerprint density at radius 3 is 2.52 bits per heavy atom. The van der Waals surface area contributed by atoms with Crippen LogP contribution in [0, 0.1) is 0 Å². The zero-order chi connectivity index (χ0) is 18.7. The largest absolute Gasteiger partial charge is 0.420 e. The minimum atomic E-state index is -3.79. The first-order valence-corrected chi connectivity index (χ1v) is 10.9. The first kappa shape index (κ1) is 18.0. The molecule has 4 rings (SSSR count). The van der Waals surface area contributed by atoms with Crippen molar-refractivity contribution in [1.29, 1.82) is 0 Å². The molecule has 6 nitrogen and oxygen atoms in total. The number of morpholine rings is 1. The van der Waals surface area contributed by atoms with Gasteiger partial charge >= 0.3 is 0 Å². The predicted molar refractivity (Wildman–Crippen MR) is 105 cm³/mol. The van der Waals surface area contributed by atoms with E-state index in [1.54, 1.807) is 47.7 Å². The molecular formula is C19H18N2O4S2. The molecule has 2 aromatic heterocycles. The Balaban J connectivity index is 1.76. The maximum absolute atomic E-state index is 13.1. The van der Waals surface area contributed by atoms with Gasteiger partial charge in [0.2, 0.25) is 26.6 Å². The minimum absolute atomic E-state index is 0.0542. The lowest BCUT2D eigenvalue weighted by Crippen LogP contribution is -2.36. The third kappa shape index (κ3) is 3.83. The van der Waals surface area contributed by atoms with Crippen molar-refractivity contribution in [3.05, 3.63) is 58.6 Å². The van der Waals surface area contributed by atoms with Crippen LogP contribution in [0.3, 0.4) is 0 Å². The van der Waals surface area contributed by atoms with Crippen LogP contribution in [-0.2, 0) is 14.6 Å². The van der Waals surface area contributed by atoms with E-state index < -0.39 is 9.84 Å². The van der Waals surface area contributed by atoms with Crippen molar-refractivity contribution in [2.75, 3.05) is 31.2 Å². The molecule has 0 aliphatic carbocycles. The summed E-state index contributed by atoms with van der Waals surface area (Å²) in [5, 5.41) is 1.92. The number of nitrogens with zero attached hydrogens (tertiary/aromatic N) is 2. The number of ether oxygens (including phenoxy) is 1. The molecule has 0 amide bonds. The first-order chi connectivity index (χ1) is 13.1.